The van der Waals surface area contributed by atoms with E-state index >= 15 is 0 Å². The van der Waals surface area contributed by atoms with E-state index in [0.717, 1.165) is 32.1 Å². The summed E-state index contributed by atoms with van der Waals surface area (Å²) in [5.41, 5.74) is -0.425. The summed E-state index contributed by atoms with van der Waals surface area (Å²) >= 11 is 0. The largest absolute Gasteiger partial charge is 0.378 e. The molecule has 1 spiro atoms. The van der Waals surface area contributed by atoms with Gasteiger partial charge in [-0.25, -0.2) is 4.79 Å². The molecule has 2 heterocycles. The number of carbonyl (C=O) groups excluding carboxylic acids is 1. The van der Waals surface area contributed by atoms with E-state index in [0.29, 0.717) is 19.0 Å². The zero-order valence-electron chi connectivity index (χ0n) is 11.3. The first-order valence-electron chi connectivity index (χ1n) is 6.93. The van der Waals surface area contributed by atoms with Crippen molar-refractivity contribution in [3.63, 3.8) is 0 Å². The lowest BCUT2D eigenvalue weighted by Gasteiger charge is -2.42. The molecule has 2 aliphatic rings. The minimum Gasteiger partial charge on any atom is -0.378 e. The van der Waals surface area contributed by atoms with E-state index in [9.17, 15) is 4.79 Å². The fourth-order valence-electron chi connectivity index (χ4n) is 3.07. The van der Waals surface area contributed by atoms with Crippen LogP contribution in [-0.2, 0) is 4.74 Å². The van der Waals surface area contributed by atoms with Crippen molar-refractivity contribution in [2.24, 2.45) is 0 Å². The predicted molar refractivity (Wildman–Crippen MR) is 69.9 cm³/mol. The molecule has 2 fully saturated rings. The van der Waals surface area contributed by atoms with E-state index in [-0.39, 0.29) is 12.1 Å². The predicted octanol–water partition coefficient (Wildman–Crippen LogP) is 2.12. The normalized spacial score (nSPS) is 32.1. The lowest BCUT2D eigenvalue weighted by atomic mass is 9.83. The van der Waals surface area contributed by atoms with Gasteiger partial charge in [0.25, 0.3) is 0 Å². The van der Waals surface area contributed by atoms with Gasteiger partial charge in [0.05, 0.1) is 6.10 Å². The van der Waals surface area contributed by atoms with E-state index < -0.39 is 5.54 Å². The first-order chi connectivity index (χ1) is 8.64. The third-order valence-electron chi connectivity index (χ3n) is 3.95. The standard InChI is InChI=1S/C13H23N3O2/c1-3-5-10-9-13(6-8-18-10)11(14)15-12(17)16(13)7-4-2/h10H,3-9H2,1-2H3,(H2,14,15,17). The Kier molecular flexibility index (Phi) is 3.90. The minimum atomic E-state index is -0.425. The quantitative estimate of drug-likeness (QED) is 0.806. The summed E-state index contributed by atoms with van der Waals surface area (Å²) in [6.45, 7) is 5.55. The highest BCUT2D eigenvalue weighted by Gasteiger charge is 2.52. The van der Waals surface area contributed by atoms with Crippen molar-refractivity contribution in [2.45, 2.75) is 57.6 Å². The molecular weight excluding hydrogens is 230 g/mol. The average Bonchev–Trinajstić information content (AvgIpc) is 2.55. The van der Waals surface area contributed by atoms with Crippen LogP contribution in [0, 0.1) is 5.41 Å². The molecule has 2 unspecified atom stereocenters. The maximum atomic E-state index is 11.9. The van der Waals surface area contributed by atoms with Gasteiger partial charge < -0.3 is 9.64 Å². The van der Waals surface area contributed by atoms with Crippen molar-refractivity contribution in [3.05, 3.63) is 0 Å². The monoisotopic (exact) mass is 253 g/mol. The van der Waals surface area contributed by atoms with Crippen LogP contribution >= 0.6 is 0 Å². The zero-order valence-corrected chi connectivity index (χ0v) is 11.3. The van der Waals surface area contributed by atoms with E-state index in [4.69, 9.17) is 10.1 Å². The Bertz CT molecular complexity index is 343. The van der Waals surface area contributed by atoms with Crippen LogP contribution in [0.15, 0.2) is 0 Å². The number of rotatable bonds is 4. The fourth-order valence-corrected chi connectivity index (χ4v) is 3.07. The molecule has 5 nitrogen and oxygen atoms in total. The molecule has 0 aromatic rings. The van der Waals surface area contributed by atoms with Crippen molar-refractivity contribution in [2.75, 3.05) is 13.2 Å². The van der Waals surface area contributed by atoms with Gasteiger partial charge in [0.2, 0.25) is 0 Å². The van der Waals surface area contributed by atoms with Crippen molar-refractivity contribution in [1.82, 2.24) is 10.2 Å². The second-order valence-corrected chi connectivity index (χ2v) is 5.22. The van der Waals surface area contributed by atoms with E-state index in [1.165, 1.54) is 0 Å². The number of hydrogen-bond donors (Lipinski definition) is 2. The molecule has 2 rings (SSSR count). The molecule has 0 aliphatic carbocycles. The third-order valence-corrected chi connectivity index (χ3v) is 3.95. The molecule has 5 heteroatoms. The van der Waals surface area contributed by atoms with Crippen LogP contribution < -0.4 is 5.32 Å². The average molecular weight is 253 g/mol. The lowest BCUT2D eigenvalue weighted by molar-refractivity contribution is -0.0361. The number of amidine groups is 1. The third kappa shape index (κ3) is 2.11. The number of amides is 2. The van der Waals surface area contributed by atoms with E-state index in [1.807, 2.05) is 4.90 Å². The van der Waals surface area contributed by atoms with Crippen molar-refractivity contribution in [1.29, 1.82) is 5.41 Å². The number of hydrogen-bond acceptors (Lipinski definition) is 3. The highest BCUT2D eigenvalue weighted by atomic mass is 16.5. The summed E-state index contributed by atoms with van der Waals surface area (Å²) in [5, 5.41) is 10.8. The van der Waals surface area contributed by atoms with Gasteiger partial charge >= 0.3 is 6.03 Å². The zero-order chi connectivity index (χ0) is 13.2. The van der Waals surface area contributed by atoms with E-state index in [2.05, 4.69) is 19.2 Å². The van der Waals surface area contributed by atoms with E-state index in [1.54, 1.807) is 0 Å². The fraction of sp³-hybridized carbons (Fsp3) is 0.846. The molecule has 102 valence electrons. The second-order valence-electron chi connectivity index (χ2n) is 5.22. The van der Waals surface area contributed by atoms with Crippen molar-refractivity contribution < 1.29 is 9.53 Å². The van der Waals surface area contributed by atoms with Gasteiger partial charge in [-0.05, 0) is 12.8 Å². The molecule has 18 heavy (non-hydrogen) atoms. The maximum Gasteiger partial charge on any atom is 0.323 e. The molecule has 2 atom stereocenters. The van der Waals surface area contributed by atoms with Crippen molar-refractivity contribution >= 4 is 11.9 Å². The summed E-state index contributed by atoms with van der Waals surface area (Å²) in [6, 6.07) is -0.112. The summed E-state index contributed by atoms with van der Waals surface area (Å²) in [5.74, 6) is 0.366. The Balaban J connectivity index is 2.20. The Morgan fingerprint density at radius 1 is 1.50 bits per heavy atom. The Morgan fingerprint density at radius 3 is 2.94 bits per heavy atom. The van der Waals surface area contributed by atoms with Gasteiger partial charge in [-0.2, -0.15) is 0 Å². The molecule has 0 radical (unpaired) electrons. The molecular formula is C13H23N3O2. The van der Waals surface area contributed by atoms with Crippen LogP contribution in [0.2, 0.25) is 0 Å². The first kappa shape index (κ1) is 13.3. The van der Waals surface area contributed by atoms with Gasteiger partial charge in [-0.1, -0.05) is 20.3 Å². The van der Waals surface area contributed by atoms with Gasteiger partial charge in [0.1, 0.15) is 11.4 Å². The topological polar surface area (TPSA) is 65.4 Å². The minimum absolute atomic E-state index is 0.112. The summed E-state index contributed by atoms with van der Waals surface area (Å²) in [4.78, 5) is 13.8. The molecule has 0 saturated carbocycles. The molecule has 2 aliphatic heterocycles. The highest BCUT2D eigenvalue weighted by Crippen LogP contribution is 2.36. The summed E-state index contributed by atoms with van der Waals surface area (Å²) < 4.78 is 5.75. The number of nitrogens with one attached hydrogen (secondary N) is 2. The second kappa shape index (κ2) is 5.26. The van der Waals surface area contributed by atoms with Crippen LogP contribution in [0.4, 0.5) is 4.79 Å². The van der Waals surface area contributed by atoms with Gasteiger partial charge in [-0.3, -0.25) is 10.7 Å². The molecule has 2 saturated heterocycles. The van der Waals surface area contributed by atoms with Crippen LogP contribution in [0.3, 0.4) is 0 Å². The highest BCUT2D eigenvalue weighted by molar-refractivity contribution is 6.08. The van der Waals surface area contributed by atoms with Crippen LogP contribution in [0.25, 0.3) is 0 Å². The van der Waals surface area contributed by atoms with Crippen LogP contribution in [-0.4, -0.2) is 41.6 Å². The lowest BCUT2D eigenvalue weighted by Crippen LogP contribution is -2.55. The molecule has 0 aromatic heterocycles. The maximum absolute atomic E-state index is 11.9. The van der Waals surface area contributed by atoms with Crippen LogP contribution in [0.5, 0.6) is 0 Å². The van der Waals surface area contributed by atoms with Gasteiger partial charge in [-0.15, -0.1) is 0 Å². The summed E-state index contributed by atoms with van der Waals surface area (Å²) in [6.07, 6.45) is 4.67. The smallest absolute Gasteiger partial charge is 0.323 e. The number of urea groups is 1. The Labute approximate surface area is 108 Å². The number of ether oxygens (including phenoxy) is 1. The Hall–Kier alpha value is -1.10. The van der Waals surface area contributed by atoms with Gasteiger partial charge in [0, 0.05) is 26.0 Å². The van der Waals surface area contributed by atoms with Crippen molar-refractivity contribution in [3.8, 4) is 0 Å². The molecule has 0 aromatic carbocycles. The number of carbonyl (C=O) groups is 1. The SMILES string of the molecule is CCCC1CC2(CCO1)C(=N)NC(=O)N2CCC. The molecule has 2 amide bonds. The Morgan fingerprint density at radius 2 is 2.28 bits per heavy atom. The van der Waals surface area contributed by atoms with Gasteiger partial charge in [0.15, 0.2) is 0 Å². The molecule has 0 bridgehead atoms. The number of nitrogens with zero attached hydrogens (tertiary/aromatic N) is 1. The first-order valence-corrected chi connectivity index (χ1v) is 6.93. The molecule has 2 N–H and O–H groups in total. The summed E-state index contributed by atoms with van der Waals surface area (Å²) in [7, 11) is 0. The van der Waals surface area contributed by atoms with Crippen LogP contribution in [0.1, 0.15) is 46.0 Å².